The molecule has 0 aliphatic carbocycles. The predicted octanol–water partition coefficient (Wildman–Crippen LogP) is 3.77. The number of nitrogens with zero attached hydrogens (tertiary/aromatic N) is 3. The van der Waals surface area contributed by atoms with Gasteiger partial charge in [0, 0.05) is 37.3 Å². The van der Waals surface area contributed by atoms with E-state index in [0.29, 0.717) is 17.9 Å². The molecular formula is C26H26N4O5. The summed E-state index contributed by atoms with van der Waals surface area (Å²) >= 11 is 0. The van der Waals surface area contributed by atoms with Crippen molar-refractivity contribution in [2.24, 2.45) is 5.10 Å². The number of hydrogen-bond donors (Lipinski definition) is 1. The molecule has 3 aromatic carbocycles. The maximum Gasteiger partial charge on any atom is 0.271 e. The van der Waals surface area contributed by atoms with E-state index in [1.54, 1.807) is 42.6 Å². The van der Waals surface area contributed by atoms with Crippen LogP contribution < -0.4 is 10.2 Å². The minimum atomic E-state index is -0.434. The monoisotopic (exact) mass is 474 g/mol. The van der Waals surface area contributed by atoms with Crippen molar-refractivity contribution in [3.63, 3.8) is 0 Å². The normalized spacial score (nSPS) is 14.1. The third-order valence-electron chi connectivity index (χ3n) is 5.54. The van der Waals surface area contributed by atoms with Gasteiger partial charge in [0.15, 0.2) is 0 Å². The minimum Gasteiger partial charge on any atom is -0.489 e. The van der Waals surface area contributed by atoms with Gasteiger partial charge in [-0.1, -0.05) is 12.1 Å². The minimum absolute atomic E-state index is 0.0465. The molecule has 0 aromatic heterocycles. The van der Waals surface area contributed by atoms with Crippen LogP contribution in [-0.2, 0) is 17.9 Å². The highest BCUT2D eigenvalue weighted by molar-refractivity contribution is 5.94. The number of amides is 1. The topological polar surface area (TPSA) is 106 Å². The molecule has 1 aliphatic rings. The summed E-state index contributed by atoms with van der Waals surface area (Å²) in [7, 11) is 0. The van der Waals surface area contributed by atoms with Crippen LogP contribution in [0.1, 0.15) is 27.0 Å². The second kappa shape index (κ2) is 11.9. The molecule has 1 aliphatic heterocycles. The third-order valence-corrected chi connectivity index (χ3v) is 5.54. The number of nitrogens with one attached hydrogen (secondary N) is 1. The van der Waals surface area contributed by atoms with Gasteiger partial charge < -0.3 is 9.47 Å². The number of hydrazone groups is 1. The molecule has 4 rings (SSSR count). The van der Waals surface area contributed by atoms with Crippen molar-refractivity contribution in [3.8, 4) is 5.75 Å². The second-order valence-electron chi connectivity index (χ2n) is 8.07. The lowest BCUT2D eigenvalue weighted by atomic mass is 10.1. The van der Waals surface area contributed by atoms with Crippen molar-refractivity contribution in [2.75, 3.05) is 26.3 Å². The molecule has 0 unspecified atom stereocenters. The highest BCUT2D eigenvalue weighted by Gasteiger charge is 2.11. The summed E-state index contributed by atoms with van der Waals surface area (Å²) in [5.41, 5.74) is 5.92. The molecule has 1 saturated heterocycles. The van der Waals surface area contributed by atoms with Crippen LogP contribution in [0.2, 0.25) is 0 Å². The number of nitro benzene ring substituents is 1. The Kier molecular flexibility index (Phi) is 8.16. The van der Waals surface area contributed by atoms with Gasteiger partial charge in [-0.15, -0.1) is 0 Å². The Hall–Kier alpha value is -4.08. The zero-order chi connectivity index (χ0) is 24.5. The molecule has 1 fully saturated rings. The van der Waals surface area contributed by atoms with Crippen LogP contribution in [0.3, 0.4) is 0 Å². The molecule has 0 spiro atoms. The zero-order valence-corrected chi connectivity index (χ0v) is 19.1. The smallest absolute Gasteiger partial charge is 0.271 e. The van der Waals surface area contributed by atoms with Gasteiger partial charge in [0.05, 0.1) is 24.4 Å². The first-order valence-corrected chi connectivity index (χ1v) is 11.3. The summed E-state index contributed by atoms with van der Waals surface area (Å²) in [6, 6.07) is 21.0. The summed E-state index contributed by atoms with van der Waals surface area (Å²) in [5, 5.41) is 14.8. The van der Waals surface area contributed by atoms with Crippen LogP contribution >= 0.6 is 0 Å². The maximum atomic E-state index is 12.4. The summed E-state index contributed by atoms with van der Waals surface area (Å²) in [6.45, 7) is 4.50. The standard InChI is InChI=1S/C26H26N4O5/c31-26(23-7-1-21(2-8-23)18-29-13-15-34-16-14-29)28-27-17-20-5-11-25(12-6-20)35-19-22-3-9-24(10-4-22)30(32)33/h1-12,17H,13-16,18-19H2,(H,28,31)/b27-17-. The zero-order valence-electron chi connectivity index (χ0n) is 19.1. The Morgan fingerprint density at radius 2 is 1.66 bits per heavy atom. The van der Waals surface area contributed by atoms with Gasteiger partial charge in [-0.05, 0) is 65.2 Å². The lowest BCUT2D eigenvalue weighted by Crippen LogP contribution is -2.35. The Labute approximate surface area is 203 Å². The Balaban J connectivity index is 1.22. The van der Waals surface area contributed by atoms with Crippen molar-refractivity contribution >= 4 is 17.8 Å². The molecule has 9 heteroatoms. The quantitative estimate of drug-likeness (QED) is 0.287. The Morgan fingerprint density at radius 1 is 1.00 bits per heavy atom. The van der Waals surface area contributed by atoms with Crippen LogP contribution in [0.4, 0.5) is 5.69 Å². The fraction of sp³-hybridized carbons (Fsp3) is 0.231. The van der Waals surface area contributed by atoms with Crippen molar-refractivity contribution in [2.45, 2.75) is 13.2 Å². The van der Waals surface area contributed by atoms with Gasteiger partial charge in [0.25, 0.3) is 11.6 Å². The molecule has 1 N–H and O–H groups in total. The number of benzene rings is 3. The Morgan fingerprint density at radius 3 is 2.31 bits per heavy atom. The lowest BCUT2D eigenvalue weighted by Gasteiger charge is -2.26. The van der Waals surface area contributed by atoms with E-state index in [9.17, 15) is 14.9 Å². The largest absolute Gasteiger partial charge is 0.489 e. The number of morpholine rings is 1. The number of carbonyl (C=O) groups excluding carboxylic acids is 1. The van der Waals surface area contributed by atoms with Crippen LogP contribution in [0, 0.1) is 10.1 Å². The van der Waals surface area contributed by atoms with Crippen molar-refractivity contribution in [1.29, 1.82) is 0 Å². The van der Waals surface area contributed by atoms with E-state index in [2.05, 4.69) is 15.4 Å². The molecule has 1 heterocycles. The number of ether oxygens (including phenoxy) is 2. The molecule has 35 heavy (non-hydrogen) atoms. The van der Waals surface area contributed by atoms with Gasteiger partial charge in [0.2, 0.25) is 0 Å². The Bertz CT molecular complexity index is 1160. The predicted molar refractivity (Wildman–Crippen MR) is 131 cm³/mol. The van der Waals surface area contributed by atoms with E-state index in [-0.39, 0.29) is 11.6 Å². The number of carbonyl (C=O) groups is 1. The van der Waals surface area contributed by atoms with Gasteiger partial charge in [-0.3, -0.25) is 19.8 Å². The van der Waals surface area contributed by atoms with Crippen molar-refractivity contribution in [3.05, 3.63) is 105 Å². The molecule has 180 valence electrons. The molecule has 0 atom stereocenters. The first-order chi connectivity index (χ1) is 17.1. The fourth-order valence-electron chi connectivity index (χ4n) is 3.54. The fourth-order valence-corrected chi connectivity index (χ4v) is 3.54. The summed E-state index contributed by atoms with van der Waals surface area (Å²) in [5.74, 6) is 0.379. The summed E-state index contributed by atoms with van der Waals surface area (Å²) < 4.78 is 11.1. The van der Waals surface area contributed by atoms with Gasteiger partial charge in [0.1, 0.15) is 12.4 Å². The maximum absolute atomic E-state index is 12.4. The van der Waals surface area contributed by atoms with E-state index in [1.165, 1.54) is 12.1 Å². The average molecular weight is 475 g/mol. The van der Waals surface area contributed by atoms with Gasteiger partial charge in [-0.25, -0.2) is 5.43 Å². The highest BCUT2D eigenvalue weighted by Crippen LogP contribution is 2.16. The first-order valence-electron chi connectivity index (χ1n) is 11.3. The van der Waals surface area contributed by atoms with E-state index >= 15 is 0 Å². The van der Waals surface area contributed by atoms with Crippen LogP contribution in [0.15, 0.2) is 77.9 Å². The van der Waals surface area contributed by atoms with E-state index in [4.69, 9.17) is 9.47 Å². The third kappa shape index (κ3) is 7.20. The summed E-state index contributed by atoms with van der Waals surface area (Å²) in [6.07, 6.45) is 1.56. The second-order valence-corrected chi connectivity index (χ2v) is 8.07. The molecular weight excluding hydrogens is 448 g/mol. The number of nitro groups is 1. The lowest BCUT2D eigenvalue weighted by molar-refractivity contribution is -0.384. The van der Waals surface area contributed by atoms with E-state index < -0.39 is 4.92 Å². The number of hydrogen-bond acceptors (Lipinski definition) is 7. The van der Waals surface area contributed by atoms with Gasteiger partial charge in [-0.2, -0.15) is 5.10 Å². The summed E-state index contributed by atoms with van der Waals surface area (Å²) in [4.78, 5) is 25.0. The van der Waals surface area contributed by atoms with E-state index in [0.717, 1.165) is 49.5 Å². The van der Waals surface area contributed by atoms with Crippen LogP contribution in [0.5, 0.6) is 5.75 Å². The average Bonchev–Trinajstić information content (AvgIpc) is 2.89. The SMILES string of the molecule is O=C(N/N=C\c1ccc(OCc2ccc([N+](=O)[O-])cc2)cc1)c1ccc(CN2CCOCC2)cc1. The molecule has 0 radical (unpaired) electrons. The highest BCUT2D eigenvalue weighted by atomic mass is 16.6. The van der Waals surface area contributed by atoms with Crippen molar-refractivity contribution < 1.29 is 19.2 Å². The molecule has 0 saturated carbocycles. The van der Waals surface area contributed by atoms with Crippen LogP contribution in [0.25, 0.3) is 0 Å². The van der Waals surface area contributed by atoms with Crippen LogP contribution in [-0.4, -0.2) is 48.2 Å². The van der Waals surface area contributed by atoms with E-state index in [1.807, 2.05) is 24.3 Å². The molecule has 9 nitrogen and oxygen atoms in total. The first kappa shape index (κ1) is 24.1. The van der Waals surface area contributed by atoms with Crippen molar-refractivity contribution in [1.82, 2.24) is 10.3 Å². The molecule has 3 aromatic rings. The number of rotatable bonds is 9. The molecule has 1 amide bonds. The van der Waals surface area contributed by atoms with Gasteiger partial charge >= 0.3 is 0 Å². The number of non-ortho nitro benzene ring substituents is 1. The molecule has 0 bridgehead atoms.